The Morgan fingerprint density at radius 3 is 2.57 bits per heavy atom. The van der Waals surface area contributed by atoms with E-state index in [2.05, 4.69) is 10.2 Å². The number of hydrogen-bond acceptors (Lipinski definition) is 4. The van der Waals surface area contributed by atoms with Gasteiger partial charge in [0, 0.05) is 18.5 Å². The van der Waals surface area contributed by atoms with Gasteiger partial charge in [-0.2, -0.15) is 0 Å². The summed E-state index contributed by atoms with van der Waals surface area (Å²) in [5.41, 5.74) is 0. The highest BCUT2D eigenvalue weighted by Crippen LogP contribution is 2.27. The molecule has 1 amide bonds. The van der Waals surface area contributed by atoms with Gasteiger partial charge in [0.2, 0.25) is 5.91 Å². The summed E-state index contributed by atoms with van der Waals surface area (Å²) in [6.45, 7) is 2.25. The van der Waals surface area contributed by atoms with Gasteiger partial charge >= 0.3 is 0 Å². The first-order valence-electron chi connectivity index (χ1n) is 8.37. The Morgan fingerprint density at radius 1 is 1.13 bits per heavy atom. The fourth-order valence-corrected chi connectivity index (χ4v) is 4.97. The fourth-order valence-electron chi connectivity index (χ4n) is 3.71. The second kappa shape index (κ2) is 7.01. The maximum atomic E-state index is 12.2. The van der Waals surface area contributed by atoms with Crippen LogP contribution in [-0.2, 0) is 14.6 Å². The highest BCUT2D eigenvalue weighted by Gasteiger charge is 2.35. The molecule has 2 heterocycles. The van der Waals surface area contributed by atoms with Gasteiger partial charge in [-0.15, -0.1) is 0 Å². The molecule has 1 aromatic carbocycles. The van der Waals surface area contributed by atoms with Crippen LogP contribution >= 0.6 is 0 Å². The Bertz CT molecular complexity index is 645. The molecule has 2 saturated heterocycles. The van der Waals surface area contributed by atoms with Crippen LogP contribution in [-0.4, -0.2) is 50.2 Å². The van der Waals surface area contributed by atoms with E-state index in [4.69, 9.17) is 0 Å². The van der Waals surface area contributed by atoms with E-state index in [1.54, 1.807) is 30.3 Å². The number of piperidine rings is 1. The minimum absolute atomic E-state index is 0.0282. The molecule has 6 heteroatoms. The molecular formula is C17H24N2O3S. The van der Waals surface area contributed by atoms with Gasteiger partial charge < -0.3 is 5.32 Å². The Balaban J connectivity index is 1.53. The highest BCUT2D eigenvalue weighted by atomic mass is 32.2. The van der Waals surface area contributed by atoms with Crippen molar-refractivity contribution in [1.82, 2.24) is 10.2 Å². The third-order valence-corrected chi connectivity index (χ3v) is 6.62. The van der Waals surface area contributed by atoms with Crippen molar-refractivity contribution in [3.8, 4) is 0 Å². The zero-order chi connectivity index (χ0) is 16.3. The Labute approximate surface area is 138 Å². The molecule has 3 rings (SSSR count). The number of amides is 1. The van der Waals surface area contributed by atoms with E-state index in [1.807, 2.05) is 0 Å². The summed E-state index contributed by atoms with van der Waals surface area (Å²) < 4.78 is 24.4. The Hall–Kier alpha value is -1.40. The van der Waals surface area contributed by atoms with Gasteiger partial charge in [0.05, 0.1) is 10.6 Å². The molecule has 0 aromatic heterocycles. The maximum absolute atomic E-state index is 12.2. The standard InChI is InChI=1S/C17H24N2O3S/c20-17(10-13-23(21,22)14-6-2-1-3-7-14)18-15-8-4-11-19-12-5-9-16(15)19/h1-3,6-7,15-16H,4-5,8-13H2,(H,18,20)/t15-,16-/m0/s1. The van der Waals surface area contributed by atoms with E-state index < -0.39 is 9.84 Å². The molecule has 0 bridgehead atoms. The molecule has 1 N–H and O–H groups in total. The summed E-state index contributed by atoms with van der Waals surface area (Å²) in [6, 6.07) is 8.95. The number of carbonyl (C=O) groups excluding carboxylic acids is 1. The number of nitrogens with one attached hydrogen (secondary N) is 1. The summed E-state index contributed by atoms with van der Waals surface area (Å²) in [7, 11) is -3.38. The van der Waals surface area contributed by atoms with Crippen LogP contribution in [0, 0.1) is 0 Å². The largest absolute Gasteiger partial charge is 0.352 e. The zero-order valence-corrected chi connectivity index (χ0v) is 14.1. The predicted octanol–water partition coefficient (Wildman–Crippen LogP) is 1.59. The summed E-state index contributed by atoms with van der Waals surface area (Å²) >= 11 is 0. The third kappa shape index (κ3) is 3.93. The van der Waals surface area contributed by atoms with Crippen molar-refractivity contribution in [2.75, 3.05) is 18.8 Å². The number of carbonyl (C=O) groups is 1. The van der Waals surface area contributed by atoms with Crippen LogP contribution in [0.2, 0.25) is 0 Å². The first-order valence-corrected chi connectivity index (χ1v) is 10.0. The first-order chi connectivity index (χ1) is 11.1. The lowest BCUT2D eigenvalue weighted by atomic mass is 9.96. The molecule has 0 radical (unpaired) electrons. The van der Waals surface area contributed by atoms with E-state index in [0.717, 1.165) is 32.4 Å². The summed E-state index contributed by atoms with van der Waals surface area (Å²) in [5, 5.41) is 3.07. The summed E-state index contributed by atoms with van der Waals surface area (Å²) in [6.07, 6.45) is 4.45. The second-order valence-electron chi connectivity index (χ2n) is 6.44. The molecule has 0 unspecified atom stereocenters. The van der Waals surface area contributed by atoms with E-state index in [1.165, 1.54) is 6.42 Å². The minimum atomic E-state index is -3.38. The van der Waals surface area contributed by atoms with Crippen molar-refractivity contribution in [2.45, 2.75) is 49.1 Å². The van der Waals surface area contributed by atoms with Crippen LogP contribution < -0.4 is 5.32 Å². The predicted molar refractivity (Wildman–Crippen MR) is 88.9 cm³/mol. The van der Waals surface area contributed by atoms with Crippen LogP contribution in [0.25, 0.3) is 0 Å². The molecule has 23 heavy (non-hydrogen) atoms. The Morgan fingerprint density at radius 2 is 1.83 bits per heavy atom. The van der Waals surface area contributed by atoms with E-state index >= 15 is 0 Å². The van der Waals surface area contributed by atoms with Crippen molar-refractivity contribution in [3.63, 3.8) is 0 Å². The van der Waals surface area contributed by atoms with Gasteiger partial charge in [0.15, 0.2) is 9.84 Å². The number of hydrogen-bond donors (Lipinski definition) is 1. The van der Waals surface area contributed by atoms with Crippen molar-refractivity contribution in [1.29, 1.82) is 0 Å². The molecule has 2 aliphatic rings. The van der Waals surface area contributed by atoms with Crippen LogP contribution in [0.15, 0.2) is 35.2 Å². The van der Waals surface area contributed by atoms with Gasteiger partial charge in [0.1, 0.15) is 0 Å². The lowest BCUT2D eigenvalue weighted by Crippen LogP contribution is -2.52. The second-order valence-corrected chi connectivity index (χ2v) is 8.55. The van der Waals surface area contributed by atoms with Crippen LogP contribution in [0.5, 0.6) is 0 Å². The van der Waals surface area contributed by atoms with E-state index in [-0.39, 0.29) is 29.0 Å². The monoisotopic (exact) mass is 336 g/mol. The topological polar surface area (TPSA) is 66.5 Å². The molecule has 0 saturated carbocycles. The molecule has 2 aliphatic heterocycles. The van der Waals surface area contributed by atoms with Gasteiger partial charge in [-0.05, 0) is 50.9 Å². The van der Waals surface area contributed by atoms with E-state index in [9.17, 15) is 13.2 Å². The van der Waals surface area contributed by atoms with Crippen LogP contribution in [0.4, 0.5) is 0 Å². The number of benzene rings is 1. The number of rotatable bonds is 5. The maximum Gasteiger partial charge on any atom is 0.221 e. The van der Waals surface area contributed by atoms with Crippen molar-refractivity contribution in [2.24, 2.45) is 0 Å². The van der Waals surface area contributed by atoms with E-state index in [0.29, 0.717) is 6.04 Å². The van der Waals surface area contributed by atoms with Crippen molar-refractivity contribution < 1.29 is 13.2 Å². The molecule has 126 valence electrons. The average molecular weight is 336 g/mol. The van der Waals surface area contributed by atoms with Gasteiger partial charge in [-0.3, -0.25) is 9.69 Å². The zero-order valence-electron chi connectivity index (χ0n) is 13.3. The molecule has 2 atom stereocenters. The summed E-state index contributed by atoms with van der Waals surface area (Å²) in [4.78, 5) is 14.9. The van der Waals surface area contributed by atoms with Gasteiger partial charge in [-0.25, -0.2) is 8.42 Å². The summed E-state index contributed by atoms with van der Waals surface area (Å²) in [5.74, 6) is -0.285. The molecule has 0 aliphatic carbocycles. The van der Waals surface area contributed by atoms with Gasteiger partial charge in [-0.1, -0.05) is 18.2 Å². The number of fused-ring (bicyclic) bond motifs is 1. The molecular weight excluding hydrogens is 312 g/mol. The normalized spacial score (nSPS) is 25.0. The molecule has 5 nitrogen and oxygen atoms in total. The lowest BCUT2D eigenvalue weighted by molar-refractivity contribution is -0.122. The van der Waals surface area contributed by atoms with Crippen molar-refractivity contribution >= 4 is 15.7 Å². The SMILES string of the molecule is O=C(CCS(=O)(=O)c1ccccc1)N[C@H]1CCCN2CCC[C@@H]12. The number of sulfone groups is 1. The van der Waals surface area contributed by atoms with Crippen molar-refractivity contribution in [3.05, 3.63) is 30.3 Å². The van der Waals surface area contributed by atoms with Crippen LogP contribution in [0.3, 0.4) is 0 Å². The number of nitrogens with zero attached hydrogens (tertiary/aromatic N) is 1. The van der Waals surface area contributed by atoms with Crippen LogP contribution in [0.1, 0.15) is 32.1 Å². The average Bonchev–Trinajstić information content (AvgIpc) is 3.04. The van der Waals surface area contributed by atoms with Gasteiger partial charge in [0.25, 0.3) is 0 Å². The minimum Gasteiger partial charge on any atom is -0.352 e. The molecule has 2 fully saturated rings. The molecule has 1 aromatic rings. The Kier molecular flexibility index (Phi) is 5.02. The fraction of sp³-hybridized carbons (Fsp3) is 0.588. The smallest absolute Gasteiger partial charge is 0.221 e. The first kappa shape index (κ1) is 16.5. The lowest BCUT2D eigenvalue weighted by Gasteiger charge is -2.37. The third-order valence-electron chi connectivity index (χ3n) is 4.89. The quantitative estimate of drug-likeness (QED) is 0.887. The highest BCUT2D eigenvalue weighted by molar-refractivity contribution is 7.91. The molecule has 0 spiro atoms.